The highest BCUT2D eigenvalue weighted by Gasteiger charge is 2.10. The molecule has 4 heteroatoms. The van der Waals surface area contributed by atoms with Crippen LogP contribution in [0.2, 0.25) is 0 Å². The highest BCUT2D eigenvalue weighted by Crippen LogP contribution is 2.25. The van der Waals surface area contributed by atoms with Crippen molar-refractivity contribution < 1.29 is 19.0 Å². The first-order valence-corrected chi connectivity index (χ1v) is 6.16. The number of carbonyl (C=O) groups excluding carboxylic acids is 1. The quantitative estimate of drug-likeness (QED) is 0.700. The van der Waals surface area contributed by atoms with Crippen LogP contribution in [0.5, 0.6) is 11.5 Å². The van der Waals surface area contributed by atoms with Gasteiger partial charge in [0.15, 0.2) is 0 Å². The average molecular weight is 252 g/mol. The number of hydrogen-bond acceptors (Lipinski definition) is 4. The van der Waals surface area contributed by atoms with E-state index in [1.807, 2.05) is 19.1 Å². The van der Waals surface area contributed by atoms with Crippen molar-refractivity contribution in [2.45, 2.75) is 26.7 Å². The zero-order valence-electron chi connectivity index (χ0n) is 11.2. The molecule has 0 aromatic heterocycles. The fourth-order valence-corrected chi connectivity index (χ4v) is 1.57. The lowest BCUT2D eigenvalue weighted by Gasteiger charge is -2.11. The standard InChI is InChI=1S/C14H20O4/c1-4-8-18-12-6-7-13(16-3)11(9-12)10-14(15)17-5-2/h6-7,9H,4-5,8,10H2,1-3H3. The Kier molecular flexibility index (Phi) is 6.05. The molecule has 0 spiro atoms. The van der Waals surface area contributed by atoms with Gasteiger partial charge < -0.3 is 14.2 Å². The molecule has 0 radical (unpaired) electrons. The molecule has 1 aromatic carbocycles. The van der Waals surface area contributed by atoms with Crippen molar-refractivity contribution in [3.8, 4) is 11.5 Å². The first kappa shape index (κ1) is 14.4. The van der Waals surface area contributed by atoms with Crippen LogP contribution >= 0.6 is 0 Å². The van der Waals surface area contributed by atoms with Gasteiger partial charge in [0.2, 0.25) is 0 Å². The largest absolute Gasteiger partial charge is 0.496 e. The van der Waals surface area contributed by atoms with Gasteiger partial charge in [-0.15, -0.1) is 0 Å². The summed E-state index contributed by atoms with van der Waals surface area (Å²) < 4.78 is 15.7. The number of rotatable bonds is 7. The van der Waals surface area contributed by atoms with Crippen molar-refractivity contribution in [3.63, 3.8) is 0 Å². The Morgan fingerprint density at radius 1 is 1.28 bits per heavy atom. The average Bonchev–Trinajstić information content (AvgIpc) is 2.37. The minimum atomic E-state index is -0.261. The number of benzene rings is 1. The SMILES string of the molecule is CCCOc1ccc(OC)c(CC(=O)OCC)c1. The van der Waals surface area contributed by atoms with Crippen LogP contribution in [0.1, 0.15) is 25.8 Å². The molecule has 100 valence electrons. The second kappa shape index (κ2) is 7.58. The molecule has 18 heavy (non-hydrogen) atoms. The second-order valence-corrected chi connectivity index (χ2v) is 3.80. The maximum atomic E-state index is 11.5. The molecule has 0 bridgehead atoms. The van der Waals surface area contributed by atoms with Gasteiger partial charge in [0.1, 0.15) is 11.5 Å². The molecule has 0 atom stereocenters. The van der Waals surface area contributed by atoms with E-state index in [1.165, 1.54) is 0 Å². The molecule has 1 rings (SSSR count). The summed E-state index contributed by atoms with van der Waals surface area (Å²) in [7, 11) is 1.58. The summed E-state index contributed by atoms with van der Waals surface area (Å²) >= 11 is 0. The molecule has 0 saturated heterocycles. The van der Waals surface area contributed by atoms with Crippen LogP contribution in [0.25, 0.3) is 0 Å². The minimum absolute atomic E-state index is 0.195. The van der Waals surface area contributed by atoms with Crippen LogP contribution in [0.3, 0.4) is 0 Å². The number of esters is 1. The molecule has 0 aliphatic heterocycles. The maximum absolute atomic E-state index is 11.5. The number of carbonyl (C=O) groups is 1. The van der Waals surface area contributed by atoms with E-state index in [2.05, 4.69) is 0 Å². The molecule has 0 heterocycles. The van der Waals surface area contributed by atoms with Crippen molar-refractivity contribution in [2.75, 3.05) is 20.3 Å². The van der Waals surface area contributed by atoms with E-state index in [-0.39, 0.29) is 12.4 Å². The lowest BCUT2D eigenvalue weighted by atomic mass is 10.1. The molecular formula is C14H20O4. The van der Waals surface area contributed by atoms with Crippen molar-refractivity contribution >= 4 is 5.97 Å². The van der Waals surface area contributed by atoms with Crippen LogP contribution in [0.4, 0.5) is 0 Å². The van der Waals surface area contributed by atoms with Gasteiger partial charge in [-0.25, -0.2) is 0 Å². The first-order valence-electron chi connectivity index (χ1n) is 6.16. The van der Waals surface area contributed by atoms with Crippen LogP contribution in [-0.4, -0.2) is 26.3 Å². The van der Waals surface area contributed by atoms with Crippen LogP contribution in [0.15, 0.2) is 18.2 Å². The smallest absolute Gasteiger partial charge is 0.310 e. The molecule has 0 N–H and O–H groups in total. The molecule has 0 aliphatic rings. The normalized spacial score (nSPS) is 9.94. The van der Waals surface area contributed by atoms with Crippen LogP contribution in [0, 0.1) is 0 Å². The summed E-state index contributed by atoms with van der Waals surface area (Å²) in [5.74, 6) is 1.16. The van der Waals surface area contributed by atoms with Crippen LogP contribution in [-0.2, 0) is 16.0 Å². The van der Waals surface area contributed by atoms with Gasteiger partial charge in [-0.2, -0.15) is 0 Å². The zero-order valence-corrected chi connectivity index (χ0v) is 11.2. The third kappa shape index (κ3) is 4.28. The fourth-order valence-electron chi connectivity index (χ4n) is 1.57. The second-order valence-electron chi connectivity index (χ2n) is 3.80. The van der Waals surface area contributed by atoms with E-state index in [4.69, 9.17) is 14.2 Å². The predicted molar refractivity (Wildman–Crippen MR) is 69.1 cm³/mol. The Labute approximate surface area is 108 Å². The molecule has 0 aliphatic carbocycles. The van der Waals surface area contributed by atoms with E-state index in [9.17, 15) is 4.79 Å². The molecule has 0 fully saturated rings. The van der Waals surface area contributed by atoms with Crippen molar-refractivity contribution in [3.05, 3.63) is 23.8 Å². The minimum Gasteiger partial charge on any atom is -0.496 e. The van der Waals surface area contributed by atoms with Crippen LogP contribution < -0.4 is 9.47 Å². The number of hydrogen-bond donors (Lipinski definition) is 0. The summed E-state index contributed by atoms with van der Waals surface area (Å²) in [6.07, 6.45) is 1.14. The van der Waals surface area contributed by atoms with Gasteiger partial charge in [0.05, 0.1) is 26.7 Å². The molecular weight excluding hydrogens is 232 g/mol. The lowest BCUT2D eigenvalue weighted by molar-refractivity contribution is -0.142. The van der Waals surface area contributed by atoms with E-state index >= 15 is 0 Å². The van der Waals surface area contributed by atoms with Crippen molar-refractivity contribution in [2.24, 2.45) is 0 Å². The summed E-state index contributed by atoms with van der Waals surface area (Å²) in [6, 6.07) is 5.47. The number of ether oxygens (including phenoxy) is 3. The van der Waals surface area contributed by atoms with Gasteiger partial charge >= 0.3 is 5.97 Å². The number of methoxy groups -OCH3 is 1. The van der Waals surface area contributed by atoms with Gasteiger partial charge in [-0.05, 0) is 31.5 Å². The van der Waals surface area contributed by atoms with Gasteiger partial charge in [0.25, 0.3) is 0 Å². The summed E-state index contributed by atoms with van der Waals surface area (Å²) in [5.41, 5.74) is 0.782. The zero-order chi connectivity index (χ0) is 13.4. The highest BCUT2D eigenvalue weighted by molar-refractivity contribution is 5.73. The fraction of sp³-hybridized carbons (Fsp3) is 0.500. The summed E-state index contributed by atoms with van der Waals surface area (Å²) in [4.78, 5) is 11.5. The summed E-state index contributed by atoms with van der Waals surface area (Å²) in [5, 5.41) is 0. The Hall–Kier alpha value is -1.71. The highest BCUT2D eigenvalue weighted by atomic mass is 16.5. The predicted octanol–water partition coefficient (Wildman–Crippen LogP) is 2.59. The Bertz CT molecular complexity index is 387. The third-order valence-electron chi connectivity index (χ3n) is 2.36. The molecule has 1 aromatic rings. The van der Waals surface area contributed by atoms with Gasteiger partial charge in [0, 0.05) is 5.56 Å². The van der Waals surface area contributed by atoms with Gasteiger partial charge in [-0.3, -0.25) is 4.79 Å². The van der Waals surface area contributed by atoms with E-state index in [0.29, 0.717) is 19.0 Å². The topological polar surface area (TPSA) is 44.8 Å². The summed E-state index contributed by atoms with van der Waals surface area (Å²) in [6.45, 7) is 4.87. The van der Waals surface area contributed by atoms with Crippen molar-refractivity contribution in [1.29, 1.82) is 0 Å². The van der Waals surface area contributed by atoms with E-state index in [1.54, 1.807) is 20.1 Å². The Morgan fingerprint density at radius 2 is 2.06 bits per heavy atom. The Balaban J connectivity index is 2.81. The first-order chi connectivity index (χ1) is 8.71. The Morgan fingerprint density at radius 3 is 2.67 bits per heavy atom. The molecule has 0 saturated carbocycles. The van der Waals surface area contributed by atoms with Gasteiger partial charge in [-0.1, -0.05) is 6.92 Å². The van der Waals surface area contributed by atoms with Crippen molar-refractivity contribution in [1.82, 2.24) is 0 Å². The van der Waals surface area contributed by atoms with E-state index < -0.39 is 0 Å². The molecule has 0 amide bonds. The monoisotopic (exact) mass is 252 g/mol. The maximum Gasteiger partial charge on any atom is 0.310 e. The third-order valence-corrected chi connectivity index (χ3v) is 2.36. The molecule has 4 nitrogen and oxygen atoms in total. The lowest BCUT2D eigenvalue weighted by Crippen LogP contribution is -2.08. The molecule has 0 unspecified atom stereocenters. The van der Waals surface area contributed by atoms with E-state index in [0.717, 1.165) is 17.7 Å².